The van der Waals surface area contributed by atoms with Crippen LogP contribution in [0.2, 0.25) is 0 Å². The highest BCUT2D eigenvalue weighted by Crippen LogP contribution is 2.13. The summed E-state index contributed by atoms with van der Waals surface area (Å²) >= 11 is 0. The molecule has 0 rings (SSSR count). The topological polar surface area (TPSA) is 21.3 Å². The van der Waals surface area contributed by atoms with E-state index in [9.17, 15) is 0 Å². The normalized spacial score (nSPS) is 15.9. The molecule has 2 nitrogen and oxygen atoms in total. The molecule has 0 aliphatic rings. The van der Waals surface area contributed by atoms with Gasteiger partial charge in [0, 0.05) is 13.2 Å². The number of nitrogens with one attached hydrogen (secondary N) is 1. The Morgan fingerprint density at radius 1 is 1.14 bits per heavy atom. The molecule has 2 heteroatoms. The van der Waals surface area contributed by atoms with E-state index in [4.69, 9.17) is 4.74 Å². The predicted molar refractivity (Wildman–Crippen MR) is 62.6 cm³/mol. The van der Waals surface area contributed by atoms with Crippen LogP contribution in [-0.2, 0) is 4.74 Å². The van der Waals surface area contributed by atoms with Gasteiger partial charge in [0.05, 0.1) is 6.10 Å². The SMILES string of the molecule is CCNC(CCC(C)C)C(CC)OC. The van der Waals surface area contributed by atoms with Crippen molar-refractivity contribution in [2.24, 2.45) is 5.92 Å². The Morgan fingerprint density at radius 2 is 1.79 bits per heavy atom. The quantitative estimate of drug-likeness (QED) is 0.652. The van der Waals surface area contributed by atoms with Gasteiger partial charge in [-0.1, -0.05) is 27.7 Å². The molecule has 0 saturated heterocycles. The van der Waals surface area contributed by atoms with Gasteiger partial charge in [0.25, 0.3) is 0 Å². The van der Waals surface area contributed by atoms with E-state index < -0.39 is 0 Å². The van der Waals surface area contributed by atoms with Gasteiger partial charge in [0.2, 0.25) is 0 Å². The van der Waals surface area contributed by atoms with Gasteiger partial charge in [0.15, 0.2) is 0 Å². The number of ether oxygens (including phenoxy) is 1. The van der Waals surface area contributed by atoms with E-state index in [1.54, 1.807) is 0 Å². The number of rotatable bonds is 8. The van der Waals surface area contributed by atoms with Crippen LogP contribution >= 0.6 is 0 Å². The molecule has 0 heterocycles. The summed E-state index contributed by atoms with van der Waals surface area (Å²) in [6, 6.07) is 0.525. The Bertz CT molecular complexity index is 121. The fraction of sp³-hybridized carbons (Fsp3) is 1.00. The molecule has 0 aromatic rings. The number of methoxy groups -OCH3 is 1. The Kier molecular flexibility index (Phi) is 8.20. The summed E-state index contributed by atoms with van der Waals surface area (Å²) in [7, 11) is 1.81. The lowest BCUT2D eigenvalue weighted by Gasteiger charge is -2.26. The van der Waals surface area contributed by atoms with E-state index >= 15 is 0 Å². The van der Waals surface area contributed by atoms with E-state index in [0.717, 1.165) is 18.9 Å². The highest BCUT2D eigenvalue weighted by atomic mass is 16.5. The molecule has 0 aliphatic heterocycles. The largest absolute Gasteiger partial charge is 0.380 e. The Morgan fingerprint density at radius 3 is 2.14 bits per heavy atom. The Labute approximate surface area is 89.4 Å². The molecule has 0 radical (unpaired) electrons. The van der Waals surface area contributed by atoms with Crippen LogP contribution < -0.4 is 5.32 Å². The van der Waals surface area contributed by atoms with E-state index in [1.165, 1.54) is 12.8 Å². The smallest absolute Gasteiger partial charge is 0.0721 e. The van der Waals surface area contributed by atoms with Crippen molar-refractivity contribution in [1.29, 1.82) is 0 Å². The summed E-state index contributed by atoms with van der Waals surface area (Å²) in [6.07, 6.45) is 3.95. The summed E-state index contributed by atoms with van der Waals surface area (Å²) in [5.41, 5.74) is 0. The Balaban J connectivity index is 3.98. The molecule has 2 atom stereocenters. The van der Waals surface area contributed by atoms with Crippen molar-refractivity contribution in [2.75, 3.05) is 13.7 Å². The standard InChI is InChI=1S/C12H27NO/c1-6-12(14-5)11(13-7-2)9-8-10(3)4/h10-13H,6-9H2,1-5H3. The minimum Gasteiger partial charge on any atom is -0.380 e. The first kappa shape index (κ1) is 13.9. The average molecular weight is 201 g/mol. The van der Waals surface area contributed by atoms with Crippen molar-refractivity contribution >= 4 is 0 Å². The van der Waals surface area contributed by atoms with Crippen LogP contribution in [0.3, 0.4) is 0 Å². The molecule has 2 unspecified atom stereocenters. The summed E-state index contributed by atoms with van der Waals surface area (Å²) in [4.78, 5) is 0. The molecule has 0 aromatic heterocycles. The van der Waals surface area contributed by atoms with Crippen molar-refractivity contribution in [3.05, 3.63) is 0 Å². The predicted octanol–water partition coefficient (Wildman–Crippen LogP) is 2.83. The molecule has 1 N–H and O–H groups in total. The zero-order valence-electron chi connectivity index (χ0n) is 10.5. The van der Waals surface area contributed by atoms with Crippen molar-refractivity contribution in [2.45, 2.75) is 59.1 Å². The van der Waals surface area contributed by atoms with Gasteiger partial charge in [-0.25, -0.2) is 0 Å². The van der Waals surface area contributed by atoms with Gasteiger partial charge < -0.3 is 10.1 Å². The molecule has 86 valence electrons. The molecule has 0 aliphatic carbocycles. The van der Waals surface area contributed by atoms with E-state index in [2.05, 4.69) is 33.0 Å². The first-order valence-electron chi connectivity index (χ1n) is 5.91. The van der Waals surface area contributed by atoms with E-state index in [0.29, 0.717) is 12.1 Å². The maximum Gasteiger partial charge on any atom is 0.0721 e. The molecule has 0 amide bonds. The monoisotopic (exact) mass is 201 g/mol. The lowest BCUT2D eigenvalue weighted by molar-refractivity contribution is 0.0612. The van der Waals surface area contributed by atoms with E-state index in [-0.39, 0.29) is 0 Å². The van der Waals surface area contributed by atoms with Gasteiger partial charge >= 0.3 is 0 Å². The zero-order valence-corrected chi connectivity index (χ0v) is 10.5. The average Bonchev–Trinajstić information content (AvgIpc) is 2.15. The fourth-order valence-electron chi connectivity index (χ4n) is 1.81. The second-order valence-corrected chi connectivity index (χ2v) is 4.32. The van der Waals surface area contributed by atoms with Crippen molar-refractivity contribution < 1.29 is 4.74 Å². The minimum absolute atomic E-state index is 0.369. The maximum atomic E-state index is 5.48. The van der Waals surface area contributed by atoms with Crippen LogP contribution in [-0.4, -0.2) is 25.8 Å². The van der Waals surface area contributed by atoms with E-state index in [1.807, 2.05) is 7.11 Å². The van der Waals surface area contributed by atoms with Gasteiger partial charge in [0.1, 0.15) is 0 Å². The lowest BCUT2D eigenvalue weighted by atomic mass is 9.98. The highest BCUT2D eigenvalue weighted by molar-refractivity contribution is 4.75. The number of likely N-dealkylation sites (N-methyl/N-ethyl adjacent to an activating group) is 1. The van der Waals surface area contributed by atoms with Crippen LogP contribution in [0.25, 0.3) is 0 Å². The summed E-state index contributed by atoms with van der Waals surface area (Å²) in [6.45, 7) is 9.93. The Hall–Kier alpha value is -0.0800. The molecule has 0 spiro atoms. The third-order valence-electron chi connectivity index (χ3n) is 2.68. The lowest BCUT2D eigenvalue weighted by Crippen LogP contribution is -2.40. The molecule has 0 saturated carbocycles. The van der Waals surface area contributed by atoms with Crippen LogP contribution in [0.15, 0.2) is 0 Å². The maximum absolute atomic E-state index is 5.48. The molecule has 14 heavy (non-hydrogen) atoms. The van der Waals surface area contributed by atoms with Gasteiger partial charge in [-0.3, -0.25) is 0 Å². The van der Waals surface area contributed by atoms with Crippen LogP contribution in [0, 0.1) is 5.92 Å². The summed E-state index contributed by atoms with van der Waals surface area (Å²) in [5.74, 6) is 0.783. The molecule has 0 aromatic carbocycles. The van der Waals surface area contributed by atoms with Crippen LogP contribution in [0.4, 0.5) is 0 Å². The zero-order chi connectivity index (χ0) is 11.0. The number of hydrogen-bond donors (Lipinski definition) is 1. The molecular formula is C12H27NO. The number of hydrogen-bond acceptors (Lipinski definition) is 2. The van der Waals surface area contributed by atoms with Crippen LogP contribution in [0.1, 0.15) is 47.0 Å². The molecular weight excluding hydrogens is 174 g/mol. The van der Waals surface area contributed by atoms with Crippen molar-refractivity contribution in [1.82, 2.24) is 5.32 Å². The van der Waals surface area contributed by atoms with Crippen LogP contribution in [0.5, 0.6) is 0 Å². The first-order valence-corrected chi connectivity index (χ1v) is 5.91. The van der Waals surface area contributed by atoms with Crippen molar-refractivity contribution in [3.63, 3.8) is 0 Å². The van der Waals surface area contributed by atoms with Crippen molar-refractivity contribution in [3.8, 4) is 0 Å². The summed E-state index contributed by atoms with van der Waals surface area (Å²) in [5, 5.41) is 3.51. The molecule has 0 bridgehead atoms. The minimum atomic E-state index is 0.369. The second-order valence-electron chi connectivity index (χ2n) is 4.32. The second kappa shape index (κ2) is 8.25. The fourth-order valence-corrected chi connectivity index (χ4v) is 1.81. The third kappa shape index (κ3) is 5.61. The van der Waals surface area contributed by atoms with Gasteiger partial charge in [-0.2, -0.15) is 0 Å². The third-order valence-corrected chi connectivity index (χ3v) is 2.68. The van der Waals surface area contributed by atoms with Gasteiger partial charge in [-0.05, 0) is 31.7 Å². The molecule has 0 fully saturated rings. The first-order chi connectivity index (χ1) is 6.65. The van der Waals surface area contributed by atoms with Gasteiger partial charge in [-0.15, -0.1) is 0 Å². The highest BCUT2D eigenvalue weighted by Gasteiger charge is 2.18. The summed E-state index contributed by atoms with van der Waals surface area (Å²) < 4.78 is 5.48.